The van der Waals surface area contributed by atoms with Crippen LogP contribution in [0.25, 0.3) is 0 Å². The largest absolute Gasteiger partial charge is 0.507 e. The zero-order valence-electron chi connectivity index (χ0n) is 57.6. The number of aliphatic hydroxyl groups is 2. The Morgan fingerprint density at radius 1 is 0.578 bits per heavy atom. The molecule has 2 aromatic rings. The van der Waals surface area contributed by atoms with Crippen LogP contribution in [0.15, 0.2) is 18.2 Å². The first-order chi connectivity index (χ1) is 49.1. The number of ketones is 2. The molecule has 0 saturated carbocycles. The van der Waals surface area contributed by atoms with Gasteiger partial charge < -0.3 is 128 Å². The van der Waals surface area contributed by atoms with E-state index in [-0.39, 0.29) is 147 Å². The zero-order chi connectivity index (χ0) is 74.2. The molecule has 572 valence electrons. The van der Waals surface area contributed by atoms with Crippen molar-refractivity contribution in [3.8, 4) is 17.2 Å². The highest BCUT2D eigenvalue weighted by Crippen LogP contribution is 2.52. The van der Waals surface area contributed by atoms with Crippen LogP contribution in [0.4, 0.5) is 9.59 Å². The van der Waals surface area contributed by atoms with E-state index in [9.17, 15) is 68.4 Å². The summed E-state index contributed by atoms with van der Waals surface area (Å²) in [7, 11) is 4.36. The first-order valence-corrected chi connectivity index (χ1v) is 32.8. The highest BCUT2D eigenvalue weighted by Gasteiger charge is 2.51. The van der Waals surface area contributed by atoms with Gasteiger partial charge in [-0.15, -0.1) is 0 Å². The second kappa shape index (κ2) is 46.7. The number of phenolic OH excluding ortho intramolecular Hbond substituents is 2. The Hall–Kier alpha value is -7.90. The first-order valence-electron chi connectivity index (χ1n) is 32.8. The standard InChI is InChI=1S/C64H95N7O31/c1-40-56(77)43(65)32-51(101-40)102-45-34-64(85,33-42-53(45)60(81)55-54(58(42)79)57(78)41-6-5-7-44(88-4)52(41)59(55)80)61(82)70-46(72)35-71(12-18-97-49(75)38-95-36-47(73)66-8-14-89-24-26-91-16-10-68-62(83)99-30-28-93-22-20-86-2)13-19-98-50(76)39-96-37-48(74)67-9-15-90-25-27-92-17-11-69-63(84)100-31-29-94-23-21-87-3/h5-7,40,43,45,51,56,77,79,81,85H,8-39,65H2,1-4H3,(H,66,73)(H,67,74)(H,68,83)(H,69,84)(H,70,72,82)/t40?,43?,45-,51?,56?,64-/m1/s1. The van der Waals surface area contributed by atoms with Gasteiger partial charge >= 0.3 is 24.1 Å². The number of aliphatic hydroxyl groups excluding tert-OH is 1. The van der Waals surface area contributed by atoms with E-state index in [1.807, 2.05) is 0 Å². The van der Waals surface area contributed by atoms with Crippen molar-refractivity contribution in [1.82, 2.24) is 31.5 Å². The second-order valence-electron chi connectivity index (χ2n) is 22.6. The van der Waals surface area contributed by atoms with Crippen molar-refractivity contribution in [2.75, 3.05) is 212 Å². The average Bonchev–Trinajstić information content (AvgIpc) is 0.712. The van der Waals surface area contributed by atoms with E-state index in [2.05, 4.69) is 26.6 Å². The number of esters is 2. The van der Waals surface area contributed by atoms with Crippen molar-refractivity contribution in [1.29, 1.82) is 0 Å². The third-order valence-electron chi connectivity index (χ3n) is 15.1. The van der Waals surface area contributed by atoms with Crippen molar-refractivity contribution in [3.05, 3.63) is 51.6 Å². The number of methoxy groups -OCH3 is 3. The average molecular weight is 1460 g/mol. The summed E-state index contributed by atoms with van der Waals surface area (Å²) in [6.45, 7) is 1.10. The number of nitrogens with one attached hydrogen (secondary N) is 5. The maximum Gasteiger partial charge on any atom is 0.407 e. The van der Waals surface area contributed by atoms with Gasteiger partial charge in [-0.3, -0.25) is 39.0 Å². The van der Waals surface area contributed by atoms with Crippen molar-refractivity contribution < 1.29 is 149 Å². The molecular weight excluding hydrogens is 1360 g/mol. The van der Waals surface area contributed by atoms with Crippen LogP contribution in [0.2, 0.25) is 0 Å². The monoisotopic (exact) mass is 1460 g/mol. The van der Waals surface area contributed by atoms with Crippen LogP contribution in [0.5, 0.6) is 17.2 Å². The van der Waals surface area contributed by atoms with Crippen molar-refractivity contribution in [2.24, 2.45) is 5.73 Å². The fraction of sp³-hybridized carbons (Fsp3) is 0.656. The summed E-state index contributed by atoms with van der Waals surface area (Å²) in [6, 6.07) is 3.25. The minimum absolute atomic E-state index is 0.00807. The Morgan fingerprint density at radius 3 is 1.56 bits per heavy atom. The number of imide groups is 1. The molecular formula is C64H95N7O31. The Kier molecular flexibility index (Phi) is 38.8. The summed E-state index contributed by atoms with van der Waals surface area (Å²) in [5.41, 5.74) is 1.15. The quantitative estimate of drug-likeness (QED) is 0.0114. The molecule has 1 fully saturated rings. The lowest BCUT2D eigenvalue weighted by Gasteiger charge is -2.42. The number of hydrogen-bond acceptors (Lipinski definition) is 33. The molecule has 38 heteroatoms. The highest BCUT2D eigenvalue weighted by atomic mass is 16.7. The summed E-state index contributed by atoms with van der Waals surface area (Å²) < 4.78 is 90.1. The van der Waals surface area contributed by atoms with Crippen LogP contribution in [-0.2, 0) is 111 Å². The third-order valence-corrected chi connectivity index (χ3v) is 15.1. The highest BCUT2D eigenvalue weighted by molar-refractivity contribution is 6.31. The number of ether oxygens (including phenoxy) is 17. The smallest absolute Gasteiger partial charge is 0.407 e. The number of amides is 6. The molecule has 2 aromatic carbocycles. The zero-order valence-corrected chi connectivity index (χ0v) is 57.6. The lowest BCUT2D eigenvalue weighted by molar-refractivity contribution is -0.247. The molecule has 1 heterocycles. The summed E-state index contributed by atoms with van der Waals surface area (Å²) >= 11 is 0. The molecule has 0 aromatic heterocycles. The molecule has 3 aliphatic rings. The molecule has 6 atom stereocenters. The van der Waals surface area contributed by atoms with Gasteiger partial charge in [0.2, 0.25) is 23.5 Å². The van der Waals surface area contributed by atoms with Crippen LogP contribution in [0.3, 0.4) is 0 Å². The molecule has 0 radical (unpaired) electrons. The van der Waals surface area contributed by atoms with Gasteiger partial charge in [-0.25, -0.2) is 19.2 Å². The minimum Gasteiger partial charge on any atom is -0.507 e. The molecule has 1 aliphatic heterocycles. The molecule has 102 heavy (non-hydrogen) atoms. The summed E-state index contributed by atoms with van der Waals surface area (Å²) in [4.78, 5) is 132. The number of phenols is 2. The lowest BCUT2D eigenvalue weighted by Crippen LogP contribution is -2.55. The van der Waals surface area contributed by atoms with Gasteiger partial charge in [0.25, 0.3) is 5.91 Å². The van der Waals surface area contributed by atoms with E-state index in [0.29, 0.717) is 26.4 Å². The molecule has 0 spiro atoms. The first kappa shape index (κ1) is 84.8. The van der Waals surface area contributed by atoms with Crippen molar-refractivity contribution in [3.63, 3.8) is 0 Å². The number of nitrogens with zero attached hydrogens (tertiary/aromatic N) is 1. The predicted octanol–water partition coefficient (Wildman–Crippen LogP) is -3.42. The minimum atomic E-state index is -2.70. The number of rotatable bonds is 50. The van der Waals surface area contributed by atoms with E-state index in [1.165, 1.54) is 37.1 Å². The van der Waals surface area contributed by atoms with Gasteiger partial charge in [-0.05, 0) is 13.0 Å². The molecule has 1 saturated heterocycles. The van der Waals surface area contributed by atoms with Gasteiger partial charge in [-0.1, -0.05) is 12.1 Å². The number of benzene rings is 2. The lowest BCUT2D eigenvalue weighted by atomic mass is 9.72. The van der Waals surface area contributed by atoms with Crippen LogP contribution < -0.4 is 37.1 Å². The SMILES string of the molecule is COCCOCCOC(=O)NCCOCCOCCNC(=O)COCC(=O)OCCN(CCOC(=O)COCC(=O)NCCOCCOCCNC(=O)OCCOCCOC)CC(=O)NC(=O)[C@@]1(O)Cc2c(O)c3c(c(O)c2[C@H](OC2CC(N)C(O)C(C)O2)C1)C(=O)c1c(OC)cccc1C3=O. The molecule has 5 rings (SSSR count). The normalized spacial score (nSPS) is 18.3. The maximum absolute atomic E-state index is 14.3. The topological polar surface area (TPSA) is 498 Å². The second-order valence-corrected chi connectivity index (χ2v) is 22.6. The van der Waals surface area contributed by atoms with Crippen molar-refractivity contribution >= 4 is 59.3 Å². The van der Waals surface area contributed by atoms with Gasteiger partial charge in [0.1, 0.15) is 70.1 Å². The molecule has 11 N–H and O–H groups in total. The fourth-order valence-electron chi connectivity index (χ4n) is 10.1. The summed E-state index contributed by atoms with van der Waals surface area (Å²) in [6.07, 6.45) is -8.00. The predicted molar refractivity (Wildman–Crippen MR) is 346 cm³/mol. The number of fused-ring (bicyclic) bond motifs is 3. The van der Waals surface area contributed by atoms with Gasteiger partial charge in [0.05, 0.1) is 141 Å². The van der Waals surface area contributed by atoms with E-state index < -0.39 is 183 Å². The number of carbonyl (C=O) groups excluding carboxylic acids is 10. The van der Waals surface area contributed by atoms with Gasteiger partial charge in [-0.2, -0.15) is 0 Å². The molecule has 2 aliphatic carbocycles. The van der Waals surface area contributed by atoms with E-state index >= 15 is 0 Å². The number of alkyl carbamates (subject to hydrolysis) is 2. The molecule has 4 unspecified atom stereocenters. The Bertz CT molecular complexity index is 2940. The number of carbonyl (C=O) groups is 10. The van der Waals surface area contributed by atoms with E-state index in [0.717, 1.165) is 0 Å². The van der Waals surface area contributed by atoms with Crippen molar-refractivity contribution in [2.45, 2.75) is 62.4 Å². The fourth-order valence-corrected chi connectivity index (χ4v) is 10.1. The van der Waals surface area contributed by atoms with Gasteiger partial charge in [0, 0.05) is 95.5 Å². The number of nitrogens with two attached hydrogens (primary N) is 1. The van der Waals surface area contributed by atoms with Crippen LogP contribution in [0.1, 0.15) is 68.8 Å². The van der Waals surface area contributed by atoms with Crippen LogP contribution in [0, 0.1) is 0 Å². The number of aromatic hydroxyl groups is 2. The Labute approximate surface area is 587 Å². The van der Waals surface area contributed by atoms with Crippen LogP contribution in [-0.4, -0.2) is 327 Å². The van der Waals surface area contributed by atoms with E-state index in [1.54, 1.807) is 14.2 Å². The van der Waals surface area contributed by atoms with Gasteiger partial charge in [0.15, 0.2) is 17.7 Å². The number of hydrogen-bond donors (Lipinski definition) is 10. The maximum atomic E-state index is 14.3. The van der Waals surface area contributed by atoms with Crippen LogP contribution >= 0.6 is 0 Å². The molecule has 6 amide bonds. The molecule has 38 nitrogen and oxygen atoms in total. The van der Waals surface area contributed by atoms with E-state index in [4.69, 9.17) is 86.3 Å². The third kappa shape index (κ3) is 29.1. The molecule has 0 bridgehead atoms. The Balaban J connectivity index is 1.11. The summed E-state index contributed by atoms with van der Waals surface area (Å²) in [5.74, 6) is -9.01. The summed E-state index contributed by atoms with van der Waals surface area (Å²) in [5, 5.41) is 59.2. The Morgan fingerprint density at radius 2 is 1.06 bits per heavy atom.